The summed E-state index contributed by atoms with van der Waals surface area (Å²) in [6, 6.07) is 0. The second kappa shape index (κ2) is 4.26. The summed E-state index contributed by atoms with van der Waals surface area (Å²) in [7, 11) is 0. The summed E-state index contributed by atoms with van der Waals surface area (Å²) < 4.78 is 40.0. The number of halogens is 4. The number of alkyl halides is 4. The molecule has 15 heavy (non-hydrogen) atoms. The topological polar surface area (TPSA) is 48.1 Å². The van der Waals surface area contributed by atoms with Gasteiger partial charge < -0.3 is 10.5 Å². The summed E-state index contributed by atoms with van der Waals surface area (Å²) >= 11 is 3.03. The number of nitrogens with two attached hydrogens (primary N) is 1. The molecule has 3 nitrogen and oxygen atoms in total. The molecule has 0 aliphatic carbocycles. The number of aryl methyl sites for hydroxylation is 1. The van der Waals surface area contributed by atoms with Crippen molar-refractivity contribution in [1.82, 2.24) is 4.98 Å². The SMILES string of the molecule is Cc1ncc(CBr)c(OC(F)(F)F)c1N. The van der Waals surface area contributed by atoms with E-state index >= 15 is 0 Å². The highest BCUT2D eigenvalue weighted by Gasteiger charge is 2.33. The Morgan fingerprint density at radius 2 is 2.13 bits per heavy atom. The van der Waals surface area contributed by atoms with Crippen LogP contribution < -0.4 is 10.5 Å². The fraction of sp³-hybridized carbons (Fsp3) is 0.375. The van der Waals surface area contributed by atoms with Gasteiger partial charge in [-0.2, -0.15) is 0 Å². The van der Waals surface area contributed by atoms with Crippen LogP contribution in [0.1, 0.15) is 11.3 Å². The first kappa shape index (κ1) is 12.1. The molecule has 0 radical (unpaired) electrons. The minimum atomic E-state index is -4.75. The third-order valence-corrected chi connectivity index (χ3v) is 2.31. The largest absolute Gasteiger partial charge is 0.573 e. The Balaban J connectivity index is 3.18. The molecule has 0 atom stereocenters. The summed E-state index contributed by atoms with van der Waals surface area (Å²) in [5.41, 5.74) is 5.93. The van der Waals surface area contributed by atoms with Crippen LogP contribution in [0.15, 0.2) is 6.20 Å². The lowest BCUT2D eigenvalue weighted by Crippen LogP contribution is -2.19. The summed E-state index contributed by atoms with van der Waals surface area (Å²) in [5, 5.41) is 0.190. The van der Waals surface area contributed by atoms with E-state index in [9.17, 15) is 13.2 Å². The van der Waals surface area contributed by atoms with Crippen molar-refractivity contribution in [3.63, 3.8) is 0 Å². The van der Waals surface area contributed by atoms with Gasteiger partial charge in [-0.25, -0.2) is 0 Å². The monoisotopic (exact) mass is 284 g/mol. The van der Waals surface area contributed by atoms with Crippen LogP contribution in [-0.2, 0) is 5.33 Å². The fourth-order valence-electron chi connectivity index (χ4n) is 0.972. The zero-order valence-electron chi connectivity index (χ0n) is 7.73. The third kappa shape index (κ3) is 2.98. The van der Waals surface area contributed by atoms with E-state index < -0.39 is 6.36 Å². The van der Waals surface area contributed by atoms with Gasteiger partial charge in [0.15, 0.2) is 5.75 Å². The Hall–Kier alpha value is -0.980. The first-order chi connectivity index (χ1) is 6.85. The molecule has 0 saturated heterocycles. The van der Waals surface area contributed by atoms with E-state index in [2.05, 4.69) is 25.7 Å². The molecule has 2 N–H and O–H groups in total. The van der Waals surface area contributed by atoms with Crippen LogP contribution in [0.4, 0.5) is 18.9 Å². The molecule has 0 amide bonds. The Labute approximate surface area is 92.6 Å². The van der Waals surface area contributed by atoms with Gasteiger partial charge in [-0.15, -0.1) is 13.2 Å². The number of rotatable bonds is 2. The number of anilines is 1. The summed E-state index contributed by atoms with van der Waals surface area (Å²) in [5.74, 6) is -0.383. The van der Waals surface area contributed by atoms with Gasteiger partial charge in [-0.3, -0.25) is 4.98 Å². The van der Waals surface area contributed by atoms with Gasteiger partial charge in [0.05, 0.1) is 11.4 Å². The molecule has 0 aliphatic rings. The number of hydrogen-bond acceptors (Lipinski definition) is 3. The van der Waals surface area contributed by atoms with Gasteiger partial charge in [0.2, 0.25) is 0 Å². The van der Waals surface area contributed by atoms with Crippen LogP contribution in [0, 0.1) is 6.92 Å². The predicted molar refractivity (Wildman–Crippen MR) is 52.7 cm³/mol. The van der Waals surface area contributed by atoms with Gasteiger partial charge in [0.25, 0.3) is 0 Å². The Morgan fingerprint density at radius 3 is 2.60 bits per heavy atom. The lowest BCUT2D eigenvalue weighted by Gasteiger charge is -2.14. The van der Waals surface area contributed by atoms with Crippen LogP contribution in [0.25, 0.3) is 0 Å². The van der Waals surface area contributed by atoms with Crippen molar-refractivity contribution in [3.8, 4) is 5.75 Å². The first-order valence-electron chi connectivity index (χ1n) is 3.91. The third-order valence-electron chi connectivity index (χ3n) is 1.70. The van der Waals surface area contributed by atoms with Gasteiger partial charge in [0.1, 0.15) is 0 Å². The fourth-order valence-corrected chi connectivity index (χ4v) is 1.37. The molecule has 0 bridgehead atoms. The predicted octanol–water partition coefficient (Wildman–Crippen LogP) is 2.77. The normalized spacial score (nSPS) is 11.5. The van der Waals surface area contributed by atoms with E-state index in [1.54, 1.807) is 0 Å². The summed E-state index contributed by atoms with van der Waals surface area (Å²) in [4.78, 5) is 3.84. The van der Waals surface area contributed by atoms with E-state index in [1.807, 2.05) is 0 Å². The maximum absolute atomic E-state index is 12.1. The second-order valence-electron chi connectivity index (χ2n) is 2.79. The number of ether oxygens (including phenoxy) is 1. The van der Waals surface area contributed by atoms with Gasteiger partial charge in [-0.1, -0.05) is 15.9 Å². The van der Waals surface area contributed by atoms with Crippen molar-refractivity contribution in [2.24, 2.45) is 0 Å². The molecule has 0 aromatic carbocycles. The summed E-state index contributed by atoms with van der Waals surface area (Å²) in [6.07, 6.45) is -3.46. The van der Waals surface area contributed by atoms with Gasteiger partial charge >= 0.3 is 6.36 Å². The molecule has 0 fully saturated rings. The van der Waals surface area contributed by atoms with Crippen LogP contribution in [0.3, 0.4) is 0 Å². The van der Waals surface area contributed by atoms with Crippen molar-refractivity contribution in [2.75, 3.05) is 5.73 Å². The van der Waals surface area contributed by atoms with E-state index in [0.29, 0.717) is 5.69 Å². The molecule has 1 rings (SSSR count). The standard InChI is InChI=1S/C8H8BrF3N2O/c1-4-6(13)7(15-8(10,11)12)5(2-9)3-14-4/h3H,2,13H2,1H3. The minimum absolute atomic E-state index is 0.0933. The smallest absolute Gasteiger partial charge is 0.403 e. The van der Waals surface area contributed by atoms with Gasteiger partial charge in [-0.05, 0) is 6.92 Å². The van der Waals surface area contributed by atoms with E-state index in [4.69, 9.17) is 5.73 Å². The molecule has 7 heteroatoms. The Kier molecular flexibility index (Phi) is 3.43. The highest BCUT2D eigenvalue weighted by Crippen LogP contribution is 2.34. The second-order valence-corrected chi connectivity index (χ2v) is 3.35. The number of pyridine rings is 1. The minimum Gasteiger partial charge on any atom is -0.403 e. The Bertz CT molecular complexity index is 368. The number of aromatic nitrogens is 1. The molecular weight excluding hydrogens is 277 g/mol. The highest BCUT2D eigenvalue weighted by atomic mass is 79.9. The van der Waals surface area contributed by atoms with Crippen molar-refractivity contribution < 1.29 is 17.9 Å². The average Bonchev–Trinajstić information content (AvgIpc) is 2.11. The zero-order valence-corrected chi connectivity index (χ0v) is 9.32. The van der Waals surface area contributed by atoms with E-state index in [0.717, 1.165) is 0 Å². The highest BCUT2D eigenvalue weighted by molar-refractivity contribution is 9.08. The average molecular weight is 285 g/mol. The van der Waals surface area contributed by atoms with Crippen LogP contribution >= 0.6 is 15.9 Å². The number of hydrogen-bond donors (Lipinski definition) is 1. The molecule has 0 unspecified atom stereocenters. The maximum Gasteiger partial charge on any atom is 0.573 e. The molecule has 0 aliphatic heterocycles. The Morgan fingerprint density at radius 1 is 1.53 bits per heavy atom. The molecular formula is C8H8BrF3N2O. The quantitative estimate of drug-likeness (QED) is 0.850. The van der Waals surface area contributed by atoms with Crippen molar-refractivity contribution in [2.45, 2.75) is 18.6 Å². The van der Waals surface area contributed by atoms with Crippen LogP contribution in [0.5, 0.6) is 5.75 Å². The zero-order chi connectivity index (χ0) is 11.6. The molecule has 1 heterocycles. The molecule has 84 valence electrons. The molecule has 1 aromatic heterocycles. The van der Waals surface area contributed by atoms with Crippen LogP contribution in [-0.4, -0.2) is 11.3 Å². The van der Waals surface area contributed by atoms with Crippen molar-refractivity contribution in [3.05, 3.63) is 17.5 Å². The van der Waals surface area contributed by atoms with Crippen LogP contribution in [0.2, 0.25) is 0 Å². The molecule has 1 aromatic rings. The molecule has 0 saturated carbocycles. The number of nitrogen functional groups attached to an aromatic ring is 1. The lowest BCUT2D eigenvalue weighted by atomic mass is 10.2. The number of nitrogens with zero attached hydrogens (tertiary/aromatic N) is 1. The first-order valence-corrected chi connectivity index (χ1v) is 5.03. The van der Waals surface area contributed by atoms with E-state index in [1.165, 1.54) is 13.1 Å². The lowest BCUT2D eigenvalue weighted by molar-refractivity contribution is -0.274. The van der Waals surface area contributed by atoms with Gasteiger partial charge in [0, 0.05) is 17.1 Å². The van der Waals surface area contributed by atoms with Crippen molar-refractivity contribution >= 4 is 21.6 Å². The summed E-state index contributed by atoms with van der Waals surface area (Å²) in [6.45, 7) is 1.51. The van der Waals surface area contributed by atoms with E-state index in [-0.39, 0.29) is 22.3 Å². The maximum atomic E-state index is 12.1. The molecule has 0 spiro atoms. The van der Waals surface area contributed by atoms with Crippen molar-refractivity contribution in [1.29, 1.82) is 0 Å².